The lowest BCUT2D eigenvalue weighted by atomic mass is 10.0. The number of nitrogens with two attached hydrogens (primary N) is 1. The molecule has 5 aromatic rings. The molecule has 8 nitrogen and oxygen atoms in total. The van der Waals surface area contributed by atoms with Crippen molar-refractivity contribution >= 4 is 28.5 Å². The van der Waals surface area contributed by atoms with Crippen LogP contribution in [0.1, 0.15) is 31.8 Å². The number of alkyl halides is 1. The first-order chi connectivity index (χ1) is 17.8. The molecular formula is C27H22F2N6O2. The molecule has 0 aliphatic rings. The number of anilines is 1. The van der Waals surface area contributed by atoms with Gasteiger partial charge in [-0.05, 0) is 60.5 Å². The SMILES string of the molecule is Cc1ccccc1-n1nc2cc(C(N)=O)ccc2c1NC(=O)c1cc(-c2ccn(C)n2)c(CF)cc1F. The van der Waals surface area contributed by atoms with Crippen LogP contribution in [0.15, 0.2) is 66.9 Å². The first-order valence-corrected chi connectivity index (χ1v) is 11.3. The minimum Gasteiger partial charge on any atom is -0.366 e. The van der Waals surface area contributed by atoms with Crippen molar-refractivity contribution in [1.29, 1.82) is 0 Å². The molecule has 2 amide bonds. The molecule has 0 aliphatic heterocycles. The van der Waals surface area contributed by atoms with Crippen LogP contribution in [0.3, 0.4) is 0 Å². The van der Waals surface area contributed by atoms with Gasteiger partial charge in [-0.2, -0.15) is 10.2 Å². The topological polar surface area (TPSA) is 108 Å². The number of halogens is 2. The minimum absolute atomic E-state index is 0.0853. The van der Waals surface area contributed by atoms with Crippen LogP contribution in [-0.4, -0.2) is 31.4 Å². The number of carbonyl (C=O) groups is 2. The molecular weight excluding hydrogens is 478 g/mol. The second kappa shape index (κ2) is 9.30. The summed E-state index contributed by atoms with van der Waals surface area (Å²) in [6.45, 7) is 0.966. The highest BCUT2D eigenvalue weighted by Crippen LogP contribution is 2.31. The molecule has 2 aromatic heterocycles. The van der Waals surface area contributed by atoms with Crippen molar-refractivity contribution in [2.45, 2.75) is 13.6 Å². The van der Waals surface area contributed by atoms with Crippen LogP contribution in [0.2, 0.25) is 0 Å². The van der Waals surface area contributed by atoms with Crippen molar-refractivity contribution in [2.75, 3.05) is 5.32 Å². The van der Waals surface area contributed by atoms with Gasteiger partial charge in [0.1, 0.15) is 18.3 Å². The third-order valence-electron chi connectivity index (χ3n) is 6.10. The highest BCUT2D eigenvalue weighted by atomic mass is 19.1. The van der Waals surface area contributed by atoms with E-state index in [1.165, 1.54) is 27.6 Å². The van der Waals surface area contributed by atoms with Crippen LogP contribution in [0, 0.1) is 12.7 Å². The van der Waals surface area contributed by atoms with Gasteiger partial charge in [-0.25, -0.2) is 13.5 Å². The fourth-order valence-corrected chi connectivity index (χ4v) is 4.21. The highest BCUT2D eigenvalue weighted by Gasteiger charge is 2.22. The molecule has 0 unspecified atom stereocenters. The Morgan fingerprint density at radius 3 is 2.51 bits per heavy atom. The Morgan fingerprint density at radius 2 is 1.84 bits per heavy atom. The number of nitrogens with zero attached hydrogens (tertiary/aromatic N) is 4. The van der Waals surface area contributed by atoms with Gasteiger partial charge in [-0.3, -0.25) is 14.3 Å². The number of carbonyl (C=O) groups excluding carboxylic acids is 2. The number of para-hydroxylation sites is 1. The molecule has 5 rings (SSSR count). The monoisotopic (exact) mass is 500 g/mol. The Labute approximate surface area is 210 Å². The van der Waals surface area contributed by atoms with E-state index < -0.39 is 24.3 Å². The van der Waals surface area contributed by atoms with E-state index >= 15 is 4.39 Å². The van der Waals surface area contributed by atoms with Gasteiger partial charge < -0.3 is 11.1 Å². The van der Waals surface area contributed by atoms with Crippen LogP contribution in [0.25, 0.3) is 27.8 Å². The van der Waals surface area contributed by atoms with E-state index in [2.05, 4.69) is 15.5 Å². The van der Waals surface area contributed by atoms with E-state index in [1.807, 2.05) is 31.2 Å². The number of aryl methyl sites for hydroxylation is 2. The van der Waals surface area contributed by atoms with Gasteiger partial charge >= 0.3 is 0 Å². The molecule has 0 fully saturated rings. The molecule has 0 spiro atoms. The van der Waals surface area contributed by atoms with E-state index in [1.54, 1.807) is 25.4 Å². The molecule has 0 aliphatic carbocycles. The Bertz CT molecular complexity index is 1690. The summed E-state index contributed by atoms with van der Waals surface area (Å²) >= 11 is 0. The number of benzene rings is 3. The van der Waals surface area contributed by atoms with Gasteiger partial charge in [0.25, 0.3) is 5.91 Å². The first-order valence-electron chi connectivity index (χ1n) is 11.3. The zero-order chi connectivity index (χ0) is 26.3. The standard InChI is InChI=1S/C27H22F2N6O2/c1-15-5-3-4-6-24(15)35-26(18-8-7-16(25(30)36)12-23(18)33-35)31-27(37)20-13-19(17(14-28)11-21(20)29)22-9-10-34(2)32-22/h3-13H,14H2,1-2H3,(H2,30,36)(H,31,37). The van der Waals surface area contributed by atoms with Gasteiger partial charge in [0, 0.05) is 29.8 Å². The van der Waals surface area contributed by atoms with Crippen molar-refractivity contribution < 1.29 is 18.4 Å². The first kappa shape index (κ1) is 23.9. The Hall–Kier alpha value is -4.86. The summed E-state index contributed by atoms with van der Waals surface area (Å²) in [6, 6.07) is 16.0. The normalized spacial score (nSPS) is 11.1. The van der Waals surface area contributed by atoms with Crippen molar-refractivity contribution in [3.63, 3.8) is 0 Å². The summed E-state index contributed by atoms with van der Waals surface area (Å²) < 4.78 is 31.8. The summed E-state index contributed by atoms with van der Waals surface area (Å²) in [5, 5.41) is 12.1. The number of rotatable bonds is 6. The van der Waals surface area contributed by atoms with Crippen molar-refractivity contribution in [3.05, 3.63) is 94.9 Å². The van der Waals surface area contributed by atoms with E-state index in [0.29, 0.717) is 27.8 Å². The zero-order valence-corrected chi connectivity index (χ0v) is 20.0. The number of aromatic nitrogens is 4. The lowest BCUT2D eigenvalue weighted by Gasteiger charge is -2.13. The second-order valence-electron chi connectivity index (χ2n) is 8.59. The Kier molecular flexibility index (Phi) is 6.00. The smallest absolute Gasteiger partial charge is 0.259 e. The van der Waals surface area contributed by atoms with E-state index in [4.69, 9.17) is 5.73 Å². The van der Waals surface area contributed by atoms with Crippen LogP contribution >= 0.6 is 0 Å². The molecule has 37 heavy (non-hydrogen) atoms. The zero-order valence-electron chi connectivity index (χ0n) is 20.0. The summed E-state index contributed by atoms with van der Waals surface area (Å²) in [5.74, 6) is -1.96. The Morgan fingerprint density at radius 1 is 1.05 bits per heavy atom. The number of amides is 2. The fourth-order valence-electron chi connectivity index (χ4n) is 4.21. The van der Waals surface area contributed by atoms with Gasteiger partial charge in [0.2, 0.25) is 5.91 Å². The fraction of sp³-hybridized carbons (Fsp3) is 0.111. The average molecular weight is 501 g/mol. The number of hydrogen-bond donors (Lipinski definition) is 2. The molecule has 2 heterocycles. The molecule has 3 N–H and O–H groups in total. The molecule has 186 valence electrons. The number of nitrogens with one attached hydrogen (secondary N) is 1. The summed E-state index contributed by atoms with van der Waals surface area (Å²) in [6.07, 6.45) is 1.67. The maximum atomic E-state index is 15.0. The average Bonchev–Trinajstić information content (AvgIpc) is 3.47. The second-order valence-corrected chi connectivity index (χ2v) is 8.59. The highest BCUT2D eigenvalue weighted by molar-refractivity contribution is 6.09. The largest absolute Gasteiger partial charge is 0.366 e. The quantitative estimate of drug-likeness (QED) is 0.353. The number of fused-ring (bicyclic) bond motifs is 1. The van der Waals surface area contributed by atoms with Gasteiger partial charge in [-0.15, -0.1) is 0 Å². The molecule has 0 atom stereocenters. The number of hydrogen-bond acceptors (Lipinski definition) is 4. The van der Waals surface area contributed by atoms with Crippen molar-refractivity contribution in [1.82, 2.24) is 19.6 Å². The van der Waals surface area contributed by atoms with Crippen molar-refractivity contribution in [2.24, 2.45) is 12.8 Å². The molecule has 0 bridgehead atoms. The van der Waals surface area contributed by atoms with Gasteiger partial charge in [-0.1, -0.05) is 18.2 Å². The van der Waals surface area contributed by atoms with Crippen LogP contribution in [0.4, 0.5) is 14.6 Å². The van der Waals surface area contributed by atoms with Crippen LogP contribution in [0.5, 0.6) is 0 Å². The summed E-state index contributed by atoms with van der Waals surface area (Å²) in [5.41, 5.74) is 8.19. The van der Waals surface area contributed by atoms with Crippen LogP contribution in [-0.2, 0) is 13.7 Å². The lowest BCUT2D eigenvalue weighted by molar-refractivity contribution is 0.0997. The third-order valence-corrected chi connectivity index (χ3v) is 6.10. The summed E-state index contributed by atoms with van der Waals surface area (Å²) in [4.78, 5) is 25.1. The molecule has 3 aromatic carbocycles. The van der Waals surface area contributed by atoms with Gasteiger partial charge in [0.05, 0.1) is 22.5 Å². The molecule has 0 saturated heterocycles. The van der Waals surface area contributed by atoms with Crippen molar-refractivity contribution in [3.8, 4) is 16.9 Å². The summed E-state index contributed by atoms with van der Waals surface area (Å²) in [7, 11) is 1.71. The number of primary amides is 1. The van der Waals surface area contributed by atoms with E-state index in [0.717, 1.165) is 11.6 Å². The predicted molar refractivity (Wildman–Crippen MR) is 136 cm³/mol. The lowest BCUT2D eigenvalue weighted by Crippen LogP contribution is -2.17. The maximum Gasteiger partial charge on any atom is 0.259 e. The maximum absolute atomic E-state index is 15.0. The minimum atomic E-state index is -0.919. The third kappa shape index (κ3) is 4.33. The molecule has 0 saturated carbocycles. The predicted octanol–water partition coefficient (Wildman–Crippen LogP) is 4.69. The van der Waals surface area contributed by atoms with Gasteiger partial charge in [0.15, 0.2) is 0 Å². The van der Waals surface area contributed by atoms with Crippen LogP contribution < -0.4 is 11.1 Å². The van der Waals surface area contributed by atoms with E-state index in [9.17, 15) is 14.0 Å². The molecule has 0 radical (unpaired) electrons. The molecule has 10 heteroatoms. The van der Waals surface area contributed by atoms with E-state index in [-0.39, 0.29) is 22.5 Å². The Balaban J connectivity index is 1.64.